The summed E-state index contributed by atoms with van der Waals surface area (Å²) in [5.74, 6) is 0. The van der Waals surface area contributed by atoms with E-state index in [0.29, 0.717) is 0 Å². The molecule has 0 spiro atoms. The lowest BCUT2D eigenvalue weighted by Crippen LogP contribution is -2.17. The van der Waals surface area contributed by atoms with E-state index in [1.54, 1.807) is 0 Å². The van der Waals surface area contributed by atoms with E-state index in [4.69, 9.17) is 23.6 Å². The summed E-state index contributed by atoms with van der Waals surface area (Å²) in [6.45, 7) is 0. The molecule has 0 unspecified atom stereocenters. The summed E-state index contributed by atoms with van der Waals surface area (Å²) in [7, 11) is 0. The molecule has 0 radical (unpaired) electrons. The van der Waals surface area contributed by atoms with Crippen LogP contribution in [0.15, 0.2) is 22.7 Å². The predicted octanol–water partition coefficient (Wildman–Crippen LogP) is 1.67. The molecule has 1 rings (SSSR count). The zero-order chi connectivity index (χ0) is 5.98. The first-order valence-corrected chi connectivity index (χ1v) is 2.46. The topological polar surface area (TPSA) is 31.2 Å². The third kappa shape index (κ3) is 1.02. The van der Waals surface area contributed by atoms with Crippen LogP contribution >= 0.6 is 23.6 Å². The average Bonchev–Trinajstić information content (AvgIpc) is 1.77. The fourth-order valence-corrected chi connectivity index (χ4v) is 0.421. The van der Waals surface area contributed by atoms with Crippen molar-refractivity contribution in [3.8, 4) is 0 Å². The summed E-state index contributed by atoms with van der Waals surface area (Å²) in [4.78, 5) is 0. The molecule has 1 aliphatic rings. The van der Waals surface area contributed by atoms with Crippen molar-refractivity contribution >= 4 is 23.6 Å². The average molecular weight is 153 g/mol. The SMILES string of the molecule is ClN1C=CN=NN1Cl. The number of nitrogens with zero attached hydrogens (tertiary/aromatic N) is 4. The van der Waals surface area contributed by atoms with Crippen molar-refractivity contribution in [2.75, 3.05) is 0 Å². The van der Waals surface area contributed by atoms with Crippen LogP contribution in [-0.4, -0.2) is 9.16 Å². The minimum absolute atomic E-state index is 0.877. The lowest BCUT2D eigenvalue weighted by Gasteiger charge is -2.15. The Labute approximate surface area is 56.1 Å². The Hall–Kier alpha value is -0.480. The molecule has 44 valence electrons. The van der Waals surface area contributed by atoms with Crippen LogP contribution in [-0.2, 0) is 0 Å². The molecule has 0 saturated heterocycles. The molecule has 0 atom stereocenters. The molecule has 0 aliphatic carbocycles. The third-order valence-corrected chi connectivity index (χ3v) is 1.10. The quantitative estimate of drug-likeness (QED) is 0.495. The minimum atomic E-state index is 0.877. The van der Waals surface area contributed by atoms with Crippen LogP contribution < -0.4 is 0 Å². The molecule has 1 aliphatic heterocycles. The number of rotatable bonds is 0. The van der Waals surface area contributed by atoms with Crippen LogP contribution in [0.4, 0.5) is 0 Å². The van der Waals surface area contributed by atoms with Gasteiger partial charge in [-0.25, -0.2) is 0 Å². The molecule has 6 heteroatoms. The highest BCUT2D eigenvalue weighted by Crippen LogP contribution is 2.11. The summed E-state index contributed by atoms with van der Waals surface area (Å²) in [6, 6.07) is 0. The maximum Gasteiger partial charge on any atom is 0.0709 e. The van der Waals surface area contributed by atoms with E-state index < -0.39 is 0 Å². The van der Waals surface area contributed by atoms with E-state index in [2.05, 4.69) is 10.3 Å². The molecular formula is C2H2Cl2N4. The van der Waals surface area contributed by atoms with Gasteiger partial charge in [0.2, 0.25) is 0 Å². The fourth-order valence-electron chi connectivity index (χ4n) is 0.250. The fraction of sp³-hybridized carbons (Fsp3) is 0. The van der Waals surface area contributed by atoms with E-state index in [9.17, 15) is 0 Å². The summed E-state index contributed by atoms with van der Waals surface area (Å²) in [6.07, 6.45) is 2.88. The second-order valence-corrected chi connectivity index (χ2v) is 1.68. The first-order chi connectivity index (χ1) is 3.80. The molecule has 4 nitrogen and oxygen atoms in total. The van der Waals surface area contributed by atoms with Gasteiger partial charge in [-0.2, -0.15) is 4.53 Å². The van der Waals surface area contributed by atoms with E-state index >= 15 is 0 Å². The first kappa shape index (κ1) is 5.65. The van der Waals surface area contributed by atoms with Crippen molar-refractivity contribution in [2.24, 2.45) is 10.3 Å². The van der Waals surface area contributed by atoms with Crippen molar-refractivity contribution in [2.45, 2.75) is 0 Å². The van der Waals surface area contributed by atoms with E-state index in [1.165, 1.54) is 12.4 Å². The van der Waals surface area contributed by atoms with E-state index in [0.717, 1.165) is 9.16 Å². The molecule has 0 aromatic rings. The van der Waals surface area contributed by atoms with Gasteiger partial charge in [0.25, 0.3) is 0 Å². The van der Waals surface area contributed by atoms with Crippen LogP contribution in [0.3, 0.4) is 0 Å². The number of halogens is 2. The van der Waals surface area contributed by atoms with Gasteiger partial charge in [0, 0.05) is 11.8 Å². The standard InChI is InChI=1S/C2H2Cl2N4/c3-7-2-1-5-6-8(7)4/h1-2H. The Bertz CT molecular complexity index is 116. The smallest absolute Gasteiger partial charge is 0.0709 e. The van der Waals surface area contributed by atoms with Crippen molar-refractivity contribution in [1.29, 1.82) is 0 Å². The number of hydrogen-bond donors (Lipinski definition) is 0. The van der Waals surface area contributed by atoms with Gasteiger partial charge in [-0.15, -0.1) is 5.11 Å². The van der Waals surface area contributed by atoms with Gasteiger partial charge in [-0.1, -0.05) is 4.64 Å². The summed E-state index contributed by atoms with van der Waals surface area (Å²) in [5.41, 5.74) is 0. The van der Waals surface area contributed by atoms with E-state index in [-0.39, 0.29) is 0 Å². The number of hydrogen-bond acceptors (Lipinski definition) is 4. The zero-order valence-electron chi connectivity index (χ0n) is 3.70. The summed E-state index contributed by atoms with van der Waals surface area (Å²) in [5, 5.41) is 6.76. The second-order valence-electron chi connectivity index (χ2n) is 1.03. The minimum Gasteiger partial charge on any atom is -0.166 e. The van der Waals surface area contributed by atoms with Gasteiger partial charge in [-0.05, 0) is 5.22 Å². The summed E-state index contributed by atoms with van der Waals surface area (Å²) >= 11 is 10.6. The molecule has 0 bridgehead atoms. The van der Waals surface area contributed by atoms with Gasteiger partial charge >= 0.3 is 0 Å². The second kappa shape index (κ2) is 2.19. The number of hydrazine groups is 1. The van der Waals surface area contributed by atoms with Crippen LogP contribution in [0.25, 0.3) is 0 Å². The summed E-state index contributed by atoms with van der Waals surface area (Å²) < 4.78 is 1.94. The molecular weight excluding hydrogens is 151 g/mol. The Kier molecular flexibility index (Phi) is 1.55. The molecule has 0 fully saturated rings. The van der Waals surface area contributed by atoms with Crippen LogP contribution in [0.1, 0.15) is 0 Å². The Morgan fingerprint density at radius 1 is 1.38 bits per heavy atom. The van der Waals surface area contributed by atoms with Gasteiger partial charge in [0.1, 0.15) is 0 Å². The van der Waals surface area contributed by atoms with E-state index in [1.807, 2.05) is 0 Å². The van der Waals surface area contributed by atoms with Gasteiger partial charge in [0.05, 0.1) is 24.2 Å². The van der Waals surface area contributed by atoms with Gasteiger partial charge < -0.3 is 0 Å². The Balaban J connectivity index is 2.59. The van der Waals surface area contributed by atoms with Crippen LogP contribution in [0.2, 0.25) is 0 Å². The lowest BCUT2D eigenvalue weighted by molar-refractivity contribution is 0.226. The molecule has 0 aromatic heterocycles. The largest absolute Gasteiger partial charge is 0.166 e. The highest BCUT2D eigenvalue weighted by atomic mass is 35.5. The maximum absolute atomic E-state index is 5.35. The van der Waals surface area contributed by atoms with Crippen LogP contribution in [0, 0.1) is 0 Å². The highest BCUT2D eigenvalue weighted by molar-refractivity contribution is 6.19. The van der Waals surface area contributed by atoms with Crippen LogP contribution in [0.5, 0.6) is 0 Å². The molecule has 0 N–H and O–H groups in total. The van der Waals surface area contributed by atoms with Gasteiger partial charge in [-0.3, -0.25) is 0 Å². The molecule has 1 heterocycles. The van der Waals surface area contributed by atoms with Crippen molar-refractivity contribution in [1.82, 2.24) is 9.16 Å². The molecule has 0 saturated carbocycles. The molecule has 8 heavy (non-hydrogen) atoms. The maximum atomic E-state index is 5.35. The highest BCUT2D eigenvalue weighted by Gasteiger charge is 2.04. The first-order valence-electron chi connectivity index (χ1n) is 1.79. The van der Waals surface area contributed by atoms with Crippen molar-refractivity contribution in [3.63, 3.8) is 0 Å². The van der Waals surface area contributed by atoms with Crippen molar-refractivity contribution in [3.05, 3.63) is 12.4 Å². The molecule has 0 amide bonds. The Morgan fingerprint density at radius 3 is 2.50 bits per heavy atom. The zero-order valence-corrected chi connectivity index (χ0v) is 5.21. The monoisotopic (exact) mass is 152 g/mol. The lowest BCUT2D eigenvalue weighted by atomic mass is 10.9. The third-order valence-electron chi connectivity index (χ3n) is 0.539. The van der Waals surface area contributed by atoms with Crippen molar-refractivity contribution < 1.29 is 0 Å². The molecule has 0 aromatic carbocycles. The predicted molar refractivity (Wildman–Crippen MR) is 29.4 cm³/mol. The Morgan fingerprint density at radius 2 is 2.12 bits per heavy atom. The van der Waals surface area contributed by atoms with Gasteiger partial charge in [0.15, 0.2) is 0 Å². The normalized spacial score (nSPS) is 17.8.